The van der Waals surface area contributed by atoms with Gasteiger partial charge in [0.1, 0.15) is 18.1 Å². The molecule has 4 aromatic carbocycles. The summed E-state index contributed by atoms with van der Waals surface area (Å²) in [4.78, 5) is 9.77. The van der Waals surface area contributed by atoms with Crippen LogP contribution in [0.2, 0.25) is 0 Å². The molecule has 0 saturated carbocycles. The quantitative estimate of drug-likeness (QED) is 0.0250. The Morgan fingerprint density at radius 1 is 0.549 bits per heavy atom. The number of allylic oxidation sites excluding steroid dienone is 5. The topological polar surface area (TPSA) is 102 Å². The third-order valence-corrected chi connectivity index (χ3v) is 13.7. The van der Waals surface area contributed by atoms with Crippen LogP contribution in [0.1, 0.15) is 82.5 Å². The summed E-state index contributed by atoms with van der Waals surface area (Å²) < 4.78 is 95.0. The fourth-order valence-corrected chi connectivity index (χ4v) is 9.76. The fourth-order valence-electron chi connectivity index (χ4n) is 9.76. The van der Waals surface area contributed by atoms with Crippen LogP contribution in [0.4, 0.5) is 23.0 Å². The molecule has 11 nitrogen and oxygen atoms in total. The zero-order valence-corrected chi connectivity index (χ0v) is 47.6. The van der Waals surface area contributed by atoms with Crippen molar-refractivity contribution in [3.63, 3.8) is 0 Å². The van der Waals surface area contributed by atoms with Crippen molar-refractivity contribution >= 4 is 61.3 Å². The number of anilines is 1. The van der Waals surface area contributed by atoms with Crippen molar-refractivity contribution in [2.75, 3.05) is 78.9 Å². The van der Waals surface area contributed by atoms with E-state index in [9.17, 15) is 8.63 Å². The van der Waals surface area contributed by atoms with Crippen LogP contribution < -0.4 is 14.8 Å². The van der Waals surface area contributed by atoms with Crippen molar-refractivity contribution in [2.45, 2.75) is 41.5 Å². The van der Waals surface area contributed by atoms with E-state index in [1.54, 1.807) is 39.4 Å². The van der Waals surface area contributed by atoms with E-state index in [1.165, 1.54) is 0 Å². The van der Waals surface area contributed by atoms with Crippen molar-refractivity contribution in [1.29, 1.82) is 0 Å². The molecule has 0 saturated heterocycles. The fraction of sp³-hybridized carbons (Fsp3) is 0.262. The average Bonchev–Trinajstić information content (AvgIpc) is 3.56. The van der Waals surface area contributed by atoms with E-state index in [2.05, 4.69) is 17.2 Å². The maximum absolute atomic E-state index is 15.4. The van der Waals surface area contributed by atoms with E-state index in [0.29, 0.717) is 121 Å². The largest absolute Gasteiger partial charge is 0.678 e. The lowest BCUT2D eigenvalue weighted by Gasteiger charge is -2.17. The minimum Gasteiger partial charge on any atom is -0.497 e. The summed E-state index contributed by atoms with van der Waals surface area (Å²) in [6, 6.07) is 33.9. The van der Waals surface area contributed by atoms with Crippen LogP contribution in [0.3, 0.4) is 0 Å². The van der Waals surface area contributed by atoms with E-state index in [0.717, 1.165) is 65.1 Å². The first-order valence-corrected chi connectivity index (χ1v) is 27.1. The number of ether oxygens (including phenoxy) is 6. The van der Waals surface area contributed by atoms with E-state index in [1.807, 2.05) is 162 Å². The molecule has 0 unspecified atom stereocenters. The molecule has 17 heteroatoms. The molecule has 0 atom stereocenters. The van der Waals surface area contributed by atoms with Gasteiger partial charge >= 0.3 is 14.8 Å². The molecule has 422 valence electrons. The summed E-state index contributed by atoms with van der Waals surface area (Å²) in [7, 11) is -2.31. The van der Waals surface area contributed by atoms with Crippen LogP contribution in [-0.4, -0.2) is 109 Å². The van der Waals surface area contributed by atoms with Crippen molar-refractivity contribution in [3.05, 3.63) is 212 Å². The second kappa shape index (κ2) is 29.0. The Hall–Kier alpha value is -8.13. The van der Waals surface area contributed by atoms with Gasteiger partial charge in [-0.05, 0) is 171 Å². The molecule has 2 aromatic heterocycles. The van der Waals surface area contributed by atoms with Gasteiger partial charge in [-0.3, -0.25) is 22.3 Å². The number of rotatable bonds is 26. The van der Waals surface area contributed by atoms with Gasteiger partial charge in [-0.2, -0.15) is 0 Å². The number of aryl methyl sites for hydroxylation is 3. The van der Waals surface area contributed by atoms with E-state index >= 15 is 8.63 Å². The minimum atomic E-state index is -2.85. The molecule has 0 fully saturated rings. The van der Waals surface area contributed by atoms with E-state index in [-0.39, 0.29) is 6.61 Å². The van der Waals surface area contributed by atoms with Crippen molar-refractivity contribution in [1.82, 2.24) is 8.96 Å². The summed E-state index contributed by atoms with van der Waals surface area (Å²) in [5.74, 6) is 7.67. The maximum atomic E-state index is 15.4. The predicted octanol–water partition coefficient (Wildman–Crippen LogP) is 13.5. The van der Waals surface area contributed by atoms with Gasteiger partial charge in [-0.15, -0.1) is 0 Å². The second-order valence-electron chi connectivity index (χ2n) is 19.6. The molecule has 2 aliphatic rings. The van der Waals surface area contributed by atoms with E-state index in [4.69, 9.17) is 38.4 Å². The number of aromatic nitrogens is 2. The summed E-state index contributed by atoms with van der Waals surface area (Å²) in [6.07, 6.45) is 11.3. The minimum absolute atomic E-state index is 0.192. The SMILES string of the molecule is COc1ccc(/C=C\C2=NC(=C(/c3ccc(C#CCOCCOCCOCCOCCNc4ccc(/C(=C5/N=C(C)C=C5C)c5c(C)cc(C)n5B(F)F)cc4)cc3)c3c(C)cc(/C=C/c4ccc(OC)cc4)n3B(F)F)/C(C)=C2)cc1. The molecule has 0 aliphatic carbocycles. The molecule has 0 amide bonds. The molecule has 2 aliphatic heterocycles. The normalized spacial score (nSPS) is 14.4. The van der Waals surface area contributed by atoms with Gasteiger partial charge in [0.25, 0.3) is 0 Å². The highest BCUT2D eigenvalue weighted by atomic mass is 19.2. The van der Waals surface area contributed by atoms with Crippen LogP contribution in [-0.2, 0) is 18.9 Å². The van der Waals surface area contributed by atoms with Gasteiger partial charge < -0.3 is 42.7 Å². The average molecular weight is 1110 g/mol. The highest BCUT2D eigenvalue weighted by Crippen LogP contribution is 2.40. The zero-order valence-electron chi connectivity index (χ0n) is 47.6. The summed E-state index contributed by atoms with van der Waals surface area (Å²) in [5.41, 5.74) is 13.9. The number of methoxy groups -OCH3 is 2. The number of aliphatic imine (C=N–C) groups is 2. The molecule has 8 rings (SSSR count). The van der Waals surface area contributed by atoms with E-state index < -0.39 is 14.8 Å². The Bertz CT molecular complexity index is 3510. The lowest BCUT2D eigenvalue weighted by molar-refractivity contribution is 0.00247. The summed E-state index contributed by atoms with van der Waals surface area (Å²) in [6.45, 7) is 14.8. The first-order chi connectivity index (χ1) is 39.7. The number of nitrogens with one attached hydrogen (secondary N) is 1. The first kappa shape index (κ1) is 60.0. The van der Waals surface area contributed by atoms with Crippen LogP contribution in [0.25, 0.3) is 29.4 Å². The number of hydrogen-bond donors (Lipinski definition) is 1. The van der Waals surface area contributed by atoms with Crippen LogP contribution in [0.5, 0.6) is 11.5 Å². The van der Waals surface area contributed by atoms with Gasteiger partial charge in [0.05, 0.1) is 77.6 Å². The lowest BCUT2D eigenvalue weighted by atomic mass is 9.94. The monoisotopic (exact) mass is 1110 g/mol. The van der Waals surface area contributed by atoms with Gasteiger partial charge in [-0.25, -0.2) is 4.99 Å². The highest BCUT2D eigenvalue weighted by molar-refractivity contribution is 6.42. The van der Waals surface area contributed by atoms with Crippen LogP contribution >= 0.6 is 0 Å². The predicted molar refractivity (Wildman–Crippen MR) is 325 cm³/mol. The standard InChI is InChI=1S/C65H67B2F4N5O6/c1-44-40-48(5)73-62(44)60(64-46(3)41-49(6)75(64)66(68)69)54-21-24-55(25-22-54)72-31-33-80-35-37-82-39-38-81-36-34-79-32-9-10-50-11-19-53(20-12-50)61(63-45(2)42-56(74-63)23-13-51-15-27-58(77-7)28-16-51)65-47(4)43-57(76(65)67(70)71)26-14-52-17-29-59(78-8)30-18-52/h11-30,40-43,72H,31-39H2,1-8H3/b23-13-,26-14+,62-60-,63-61-. The molecule has 0 bridgehead atoms. The molecule has 4 heterocycles. The third kappa shape index (κ3) is 15.4. The summed E-state index contributed by atoms with van der Waals surface area (Å²) in [5, 5.41) is 3.36. The molecule has 6 aromatic rings. The first-order valence-electron chi connectivity index (χ1n) is 27.1. The number of hydrogen-bond acceptors (Lipinski definition) is 9. The molecule has 82 heavy (non-hydrogen) atoms. The molecule has 1 N–H and O–H groups in total. The van der Waals surface area contributed by atoms with Gasteiger partial charge in [-0.1, -0.05) is 72.5 Å². The number of halogens is 4. The molecule has 0 spiro atoms. The Kier molecular flexibility index (Phi) is 21.2. The number of benzene rings is 4. The van der Waals surface area contributed by atoms with Crippen molar-refractivity contribution in [3.8, 4) is 23.3 Å². The molecular formula is C65H67B2F4N5O6. The Morgan fingerprint density at radius 3 is 1.60 bits per heavy atom. The van der Waals surface area contributed by atoms with Crippen molar-refractivity contribution < 1.29 is 45.7 Å². The number of nitrogens with zero attached hydrogens (tertiary/aromatic N) is 4. The van der Waals surface area contributed by atoms with Crippen molar-refractivity contribution in [2.24, 2.45) is 9.98 Å². The lowest BCUT2D eigenvalue weighted by Crippen LogP contribution is -2.18. The molecular weight excluding hydrogens is 1040 g/mol. The Morgan fingerprint density at radius 2 is 1.05 bits per heavy atom. The second-order valence-corrected chi connectivity index (χ2v) is 19.6. The smallest absolute Gasteiger partial charge is 0.497 e. The third-order valence-electron chi connectivity index (χ3n) is 13.7. The maximum Gasteiger partial charge on any atom is 0.678 e. The highest BCUT2D eigenvalue weighted by Gasteiger charge is 2.31. The van der Waals surface area contributed by atoms with Gasteiger partial charge in [0.2, 0.25) is 0 Å². The molecule has 0 radical (unpaired) electrons. The van der Waals surface area contributed by atoms with Crippen LogP contribution in [0, 0.1) is 32.6 Å². The Balaban J connectivity index is 0.788. The summed E-state index contributed by atoms with van der Waals surface area (Å²) >= 11 is 0. The zero-order chi connectivity index (χ0) is 58.1. The van der Waals surface area contributed by atoms with Gasteiger partial charge in [0.15, 0.2) is 0 Å². The Labute approximate surface area is 479 Å². The van der Waals surface area contributed by atoms with Crippen LogP contribution in [0.15, 0.2) is 160 Å². The van der Waals surface area contributed by atoms with Gasteiger partial charge in [0, 0.05) is 57.4 Å².